The molecule has 3 aromatic rings. The maximum absolute atomic E-state index is 13.1. The number of nitro benzene ring substituents is 1. The topological polar surface area (TPSA) is 98.0 Å². The highest BCUT2D eigenvalue weighted by atomic mass is 35.5. The lowest BCUT2D eigenvalue weighted by Gasteiger charge is -2.34. The van der Waals surface area contributed by atoms with E-state index in [9.17, 15) is 14.9 Å². The second-order valence-electron chi connectivity index (χ2n) is 7.76. The molecule has 1 amide bonds. The van der Waals surface area contributed by atoms with Gasteiger partial charge in [-0.25, -0.2) is 0 Å². The van der Waals surface area contributed by atoms with Gasteiger partial charge in [-0.1, -0.05) is 11.6 Å². The standard InChI is InChI=1S/C24H23ClN4O5/c1-33-23-14-18(2-4-22(23)34-21-5-3-19(25)15-20(21)29(31)32)24(30)28-12-10-27(11-13-28)16-17-6-8-26-9-7-17/h2-9,14-15H,10-13,16H2,1H3. The number of hydrogen-bond donors (Lipinski definition) is 0. The van der Waals surface area contributed by atoms with Crippen LogP contribution in [0.3, 0.4) is 0 Å². The third-order valence-electron chi connectivity index (χ3n) is 5.56. The molecule has 4 rings (SSSR count). The molecule has 1 aromatic heterocycles. The summed E-state index contributed by atoms with van der Waals surface area (Å²) in [4.78, 5) is 32.0. The van der Waals surface area contributed by atoms with Crippen LogP contribution >= 0.6 is 11.6 Å². The predicted octanol–water partition coefficient (Wildman–Crippen LogP) is 4.40. The number of carbonyl (C=O) groups excluding carboxylic acids is 1. The highest BCUT2D eigenvalue weighted by Gasteiger charge is 2.24. The van der Waals surface area contributed by atoms with E-state index in [0.29, 0.717) is 24.4 Å². The number of piperazine rings is 1. The van der Waals surface area contributed by atoms with Gasteiger partial charge in [0.15, 0.2) is 11.5 Å². The number of methoxy groups -OCH3 is 1. The Balaban J connectivity index is 1.43. The SMILES string of the molecule is COc1cc(C(=O)N2CCN(Cc3ccncc3)CC2)ccc1Oc1ccc(Cl)cc1[N+](=O)[O-]. The van der Waals surface area contributed by atoms with Crippen molar-refractivity contribution in [3.05, 3.63) is 87.2 Å². The third kappa shape index (κ3) is 5.44. The van der Waals surface area contributed by atoms with E-state index in [4.69, 9.17) is 21.1 Å². The summed E-state index contributed by atoms with van der Waals surface area (Å²) >= 11 is 5.87. The molecule has 0 aliphatic carbocycles. The number of benzene rings is 2. The van der Waals surface area contributed by atoms with Crippen LogP contribution in [0, 0.1) is 10.1 Å². The summed E-state index contributed by atoms with van der Waals surface area (Å²) in [6.45, 7) is 3.59. The molecule has 34 heavy (non-hydrogen) atoms. The first kappa shape index (κ1) is 23.5. The Kier molecular flexibility index (Phi) is 7.24. The monoisotopic (exact) mass is 482 g/mol. The smallest absolute Gasteiger partial charge is 0.313 e. The van der Waals surface area contributed by atoms with Gasteiger partial charge in [-0.3, -0.25) is 24.8 Å². The molecule has 9 nitrogen and oxygen atoms in total. The zero-order valence-corrected chi connectivity index (χ0v) is 19.3. The van der Waals surface area contributed by atoms with Crippen molar-refractivity contribution >= 4 is 23.2 Å². The van der Waals surface area contributed by atoms with Crippen LogP contribution in [0.5, 0.6) is 17.2 Å². The van der Waals surface area contributed by atoms with Gasteiger partial charge in [0, 0.05) is 61.8 Å². The van der Waals surface area contributed by atoms with Crippen LogP contribution < -0.4 is 9.47 Å². The molecule has 0 atom stereocenters. The fourth-order valence-corrected chi connectivity index (χ4v) is 3.93. The van der Waals surface area contributed by atoms with E-state index in [-0.39, 0.29) is 28.1 Å². The lowest BCUT2D eigenvalue weighted by atomic mass is 10.1. The highest BCUT2D eigenvalue weighted by molar-refractivity contribution is 6.30. The fourth-order valence-electron chi connectivity index (χ4n) is 3.76. The molecule has 1 fully saturated rings. The first-order chi connectivity index (χ1) is 16.4. The second-order valence-corrected chi connectivity index (χ2v) is 8.20. The summed E-state index contributed by atoms with van der Waals surface area (Å²) in [6.07, 6.45) is 3.56. The minimum absolute atomic E-state index is 0.0251. The molecule has 0 bridgehead atoms. The van der Waals surface area contributed by atoms with Crippen LogP contribution in [0.15, 0.2) is 60.9 Å². The van der Waals surface area contributed by atoms with Crippen LogP contribution in [-0.4, -0.2) is 58.9 Å². The number of hydrogen-bond acceptors (Lipinski definition) is 7. The molecule has 0 unspecified atom stereocenters. The number of nitro groups is 1. The molecule has 1 aliphatic heterocycles. The van der Waals surface area contributed by atoms with Crippen molar-refractivity contribution in [2.45, 2.75) is 6.54 Å². The maximum atomic E-state index is 13.1. The Morgan fingerprint density at radius 2 is 1.74 bits per heavy atom. The van der Waals surface area contributed by atoms with Gasteiger partial charge in [0.1, 0.15) is 0 Å². The highest BCUT2D eigenvalue weighted by Crippen LogP contribution is 2.38. The number of nitrogens with zero attached hydrogens (tertiary/aromatic N) is 4. The third-order valence-corrected chi connectivity index (χ3v) is 5.80. The summed E-state index contributed by atoms with van der Waals surface area (Å²) in [5.41, 5.74) is 1.38. The lowest BCUT2D eigenvalue weighted by molar-refractivity contribution is -0.385. The van der Waals surface area contributed by atoms with E-state index >= 15 is 0 Å². The van der Waals surface area contributed by atoms with Crippen LogP contribution in [0.4, 0.5) is 5.69 Å². The summed E-state index contributed by atoms with van der Waals surface area (Å²) in [5, 5.41) is 11.6. The number of amides is 1. The van der Waals surface area contributed by atoms with Gasteiger partial charge in [-0.2, -0.15) is 0 Å². The zero-order valence-electron chi connectivity index (χ0n) is 18.5. The van der Waals surface area contributed by atoms with Gasteiger partial charge in [-0.15, -0.1) is 0 Å². The summed E-state index contributed by atoms with van der Waals surface area (Å²) in [7, 11) is 1.45. The number of pyridine rings is 1. The van der Waals surface area contributed by atoms with Gasteiger partial charge in [0.2, 0.25) is 5.75 Å². The molecule has 2 heterocycles. The van der Waals surface area contributed by atoms with E-state index in [2.05, 4.69) is 9.88 Å². The summed E-state index contributed by atoms with van der Waals surface area (Å²) < 4.78 is 11.1. The summed E-state index contributed by atoms with van der Waals surface area (Å²) in [5.74, 6) is 0.473. The number of halogens is 1. The lowest BCUT2D eigenvalue weighted by Crippen LogP contribution is -2.48. The van der Waals surface area contributed by atoms with Crippen LogP contribution in [0.25, 0.3) is 0 Å². The Morgan fingerprint density at radius 1 is 1.03 bits per heavy atom. The van der Waals surface area contributed by atoms with E-state index in [1.807, 2.05) is 17.0 Å². The summed E-state index contributed by atoms with van der Waals surface area (Å²) in [6, 6.07) is 12.9. The Hall–Kier alpha value is -3.69. The van der Waals surface area contributed by atoms with Crippen LogP contribution in [0.2, 0.25) is 5.02 Å². The second kappa shape index (κ2) is 10.5. The van der Waals surface area contributed by atoms with Crippen molar-refractivity contribution in [1.29, 1.82) is 0 Å². The molecule has 1 aliphatic rings. The van der Waals surface area contributed by atoms with Crippen molar-refractivity contribution in [2.24, 2.45) is 0 Å². The molecule has 0 spiro atoms. The van der Waals surface area contributed by atoms with Crippen molar-refractivity contribution in [3.8, 4) is 17.2 Å². The molecular weight excluding hydrogens is 460 g/mol. The first-order valence-corrected chi connectivity index (χ1v) is 11.0. The molecule has 176 valence electrons. The van der Waals surface area contributed by atoms with Gasteiger partial charge in [-0.05, 0) is 48.0 Å². The van der Waals surface area contributed by atoms with Gasteiger partial charge >= 0.3 is 5.69 Å². The van der Waals surface area contributed by atoms with Crippen molar-refractivity contribution < 1.29 is 19.2 Å². The van der Waals surface area contributed by atoms with E-state index < -0.39 is 4.92 Å². The predicted molar refractivity (Wildman–Crippen MR) is 127 cm³/mol. The molecule has 0 radical (unpaired) electrons. The fraction of sp³-hybridized carbons (Fsp3) is 0.250. The van der Waals surface area contributed by atoms with Gasteiger partial charge < -0.3 is 14.4 Å². The molecule has 0 N–H and O–H groups in total. The Labute approximate surface area is 201 Å². The molecule has 10 heteroatoms. The molecular formula is C24H23ClN4O5. The average molecular weight is 483 g/mol. The van der Waals surface area contributed by atoms with E-state index in [1.54, 1.807) is 30.6 Å². The number of rotatable bonds is 7. The Bertz CT molecular complexity index is 1180. The van der Waals surface area contributed by atoms with Gasteiger partial charge in [0.05, 0.1) is 12.0 Å². The number of aromatic nitrogens is 1. The zero-order chi connectivity index (χ0) is 24.1. The maximum Gasteiger partial charge on any atom is 0.313 e. The minimum atomic E-state index is -0.570. The van der Waals surface area contributed by atoms with Crippen molar-refractivity contribution in [3.63, 3.8) is 0 Å². The van der Waals surface area contributed by atoms with E-state index in [0.717, 1.165) is 19.6 Å². The van der Waals surface area contributed by atoms with Crippen molar-refractivity contribution in [2.75, 3.05) is 33.3 Å². The van der Waals surface area contributed by atoms with Crippen molar-refractivity contribution in [1.82, 2.24) is 14.8 Å². The number of carbonyl (C=O) groups is 1. The van der Waals surface area contributed by atoms with E-state index in [1.165, 1.54) is 30.9 Å². The normalized spacial score (nSPS) is 14.0. The largest absolute Gasteiger partial charge is 0.493 e. The molecule has 2 aromatic carbocycles. The van der Waals surface area contributed by atoms with Gasteiger partial charge in [0.25, 0.3) is 5.91 Å². The molecule has 1 saturated heterocycles. The van der Waals surface area contributed by atoms with Crippen LogP contribution in [-0.2, 0) is 6.54 Å². The Morgan fingerprint density at radius 3 is 2.41 bits per heavy atom. The number of ether oxygens (including phenoxy) is 2. The minimum Gasteiger partial charge on any atom is -0.493 e. The average Bonchev–Trinajstić information content (AvgIpc) is 2.86. The quantitative estimate of drug-likeness (QED) is 0.363. The van der Waals surface area contributed by atoms with Crippen LogP contribution in [0.1, 0.15) is 15.9 Å². The molecule has 0 saturated carbocycles. The first-order valence-electron chi connectivity index (χ1n) is 10.6.